The Kier molecular flexibility index (Phi) is 7.54. The second kappa shape index (κ2) is 10.6. The van der Waals surface area contributed by atoms with Crippen molar-refractivity contribution in [3.63, 3.8) is 0 Å². The van der Waals surface area contributed by atoms with Crippen molar-refractivity contribution in [3.8, 4) is 0 Å². The molecule has 0 aromatic heterocycles. The number of nitrogens with one attached hydrogen (secondary N) is 1. The summed E-state index contributed by atoms with van der Waals surface area (Å²) < 4.78 is 10.8. The number of carbonyl (C=O) groups excluding carboxylic acids is 4. The maximum atomic E-state index is 12.8. The highest BCUT2D eigenvalue weighted by molar-refractivity contribution is 6.22. The van der Waals surface area contributed by atoms with E-state index in [0.717, 1.165) is 29.7 Å². The normalized spacial score (nSPS) is 17.2. The predicted molar refractivity (Wildman–Crippen MR) is 134 cm³/mol. The van der Waals surface area contributed by atoms with Crippen LogP contribution in [0, 0.1) is 0 Å². The number of carbonyl (C=O) groups is 4. The fraction of sp³-hybridized carbons (Fsp3) is 0.429. The Balaban J connectivity index is 1.42. The Hall–Kier alpha value is -3.52. The average Bonchev–Trinajstić information content (AvgIpc) is 3.45. The quantitative estimate of drug-likeness (QED) is 0.430. The molecule has 8 heteroatoms. The molecule has 1 saturated heterocycles. The standard InChI is InChI=1S/C28H32N2O6/c1-16(2)20-8-5-9-21(17(3)4)25(20)29-24(31)15-36-28(34)18-10-11-22-23(13-18)27(33)30(26(22)32)14-19-7-6-12-35-19/h5,8-11,13,16-17,19H,6-7,12,14-15H2,1-4H3,(H,29,31). The zero-order valence-electron chi connectivity index (χ0n) is 21.1. The van der Waals surface area contributed by atoms with E-state index in [1.54, 1.807) is 0 Å². The summed E-state index contributed by atoms with van der Waals surface area (Å²) in [6.07, 6.45) is 1.54. The van der Waals surface area contributed by atoms with Gasteiger partial charge in [0.15, 0.2) is 6.61 Å². The number of nitrogens with zero attached hydrogens (tertiary/aromatic N) is 1. The van der Waals surface area contributed by atoms with Crippen LogP contribution in [0.15, 0.2) is 36.4 Å². The lowest BCUT2D eigenvalue weighted by atomic mass is 9.92. The number of para-hydroxylation sites is 1. The molecule has 2 aliphatic rings. The summed E-state index contributed by atoms with van der Waals surface area (Å²) in [6.45, 7) is 8.56. The minimum Gasteiger partial charge on any atom is -0.452 e. The Morgan fingerprint density at radius 2 is 1.69 bits per heavy atom. The molecule has 190 valence electrons. The summed E-state index contributed by atoms with van der Waals surface area (Å²) in [4.78, 5) is 52.1. The van der Waals surface area contributed by atoms with E-state index in [-0.39, 0.29) is 41.2 Å². The van der Waals surface area contributed by atoms with Crippen LogP contribution in [0.1, 0.15) is 94.6 Å². The molecule has 3 amide bonds. The van der Waals surface area contributed by atoms with E-state index in [4.69, 9.17) is 9.47 Å². The average molecular weight is 493 g/mol. The molecule has 1 N–H and O–H groups in total. The molecule has 2 heterocycles. The third kappa shape index (κ3) is 5.18. The molecule has 0 saturated carbocycles. The van der Waals surface area contributed by atoms with E-state index in [1.165, 1.54) is 23.1 Å². The van der Waals surface area contributed by atoms with Crippen molar-refractivity contribution in [2.24, 2.45) is 0 Å². The Morgan fingerprint density at radius 1 is 1.03 bits per heavy atom. The monoisotopic (exact) mass is 492 g/mol. The van der Waals surface area contributed by atoms with Gasteiger partial charge in [0.2, 0.25) is 0 Å². The van der Waals surface area contributed by atoms with Gasteiger partial charge in [-0.25, -0.2) is 4.79 Å². The van der Waals surface area contributed by atoms with Crippen LogP contribution >= 0.6 is 0 Å². The fourth-order valence-electron chi connectivity index (χ4n) is 4.66. The van der Waals surface area contributed by atoms with Crippen molar-refractivity contribution >= 4 is 29.4 Å². The second-order valence-electron chi connectivity index (χ2n) is 9.86. The Bertz CT molecular complexity index is 1170. The molecule has 0 spiro atoms. The summed E-state index contributed by atoms with van der Waals surface area (Å²) >= 11 is 0. The number of imide groups is 1. The topological polar surface area (TPSA) is 102 Å². The molecule has 1 atom stereocenters. The lowest BCUT2D eigenvalue weighted by Gasteiger charge is -2.20. The first-order chi connectivity index (χ1) is 17.2. The van der Waals surface area contributed by atoms with Gasteiger partial charge >= 0.3 is 5.97 Å². The van der Waals surface area contributed by atoms with Gasteiger partial charge < -0.3 is 14.8 Å². The molecular formula is C28H32N2O6. The lowest BCUT2D eigenvalue weighted by molar-refractivity contribution is -0.119. The number of esters is 1. The predicted octanol–water partition coefficient (Wildman–Crippen LogP) is 4.50. The Morgan fingerprint density at radius 3 is 2.31 bits per heavy atom. The van der Waals surface area contributed by atoms with Crippen LogP contribution < -0.4 is 5.32 Å². The summed E-state index contributed by atoms with van der Waals surface area (Å²) in [5.74, 6) is -1.64. The lowest BCUT2D eigenvalue weighted by Crippen LogP contribution is -2.36. The molecule has 4 rings (SSSR count). The molecule has 0 aliphatic carbocycles. The largest absolute Gasteiger partial charge is 0.452 e. The fourth-order valence-corrected chi connectivity index (χ4v) is 4.66. The van der Waals surface area contributed by atoms with Crippen LogP contribution in [0.25, 0.3) is 0 Å². The first kappa shape index (κ1) is 25.6. The molecule has 8 nitrogen and oxygen atoms in total. The molecule has 2 aromatic rings. The number of ether oxygens (including phenoxy) is 2. The minimum absolute atomic E-state index is 0.104. The number of fused-ring (bicyclic) bond motifs is 1. The van der Waals surface area contributed by atoms with E-state index in [1.807, 2.05) is 18.2 Å². The number of hydrogen-bond acceptors (Lipinski definition) is 6. The highest BCUT2D eigenvalue weighted by Gasteiger charge is 2.38. The smallest absolute Gasteiger partial charge is 0.338 e. The summed E-state index contributed by atoms with van der Waals surface area (Å²) in [5.41, 5.74) is 3.28. The van der Waals surface area contributed by atoms with Crippen LogP contribution in [0.2, 0.25) is 0 Å². The van der Waals surface area contributed by atoms with Crippen molar-refractivity contribution in [1.82, 2.24) is 4.90 Å². The van der Waals surface area contributed by atoms with E-state index in [9.17, 15) is 19.2 Å². The zero-order chi connectivity index (χ0) is 26.0. The van der Waals surface area contributed by atoms with Crippen molar-refractivity contribution in [2.45, 2.75) is 58.5 Å². The summed E-state index contributed by atoms with van der Waals surface area (Å²) in [6, 6.07) is 10.2. The third-order valence-electron chi connectivity index (χ3n) is 6.59. The molecule has 0 bridgehead atoms. The van der Waals surface area contributed by atoms with Gasteiger partial charge in [0.25, 0.3) is 17.7 Å². The first-order valence-corrected chi connectivity index (χ1v) is 12.4. The van der Waals surface area contributed by atoms with Gasteiger partial charge in [0.05, 0.1) is 29.3 Å². The van der Waals surface area contributed by atoms with Crippen molar-refractivity contribution in [2.75, 3.05) is 25.1 Å². The number of amides is 3. The van der Waals surface area contributed by atoms with Gasteiger partial charge in [-0.1, -0.05) is 45.9 Å². The third-order valence-corrected chi connectivity index (χ3v) is 6.59. The molecule has 2 aromatic carbocycles. The van der Waals surface area contributed by atoms with E-state index in [0.29, 0.717) is 6.61 Å². The van der Waals surface area contributed by atoms with Gasteiger partial charge in [-0.05, 0) is 54.0 Å². The van der Waals surface area contributed by atoms with Crippen LogP contribution in [-0.4, -0.2) is 54.5 Å². The van der Waals surface area contributed by atoms with E-state index in [2.05, 4.69) is 33.0 Å². The van der Waals surface area contributed by atoms with Crippen LogP contribution in [0.3, 0.4) is 0 Å². The van der Waals surface area contributed by atoms with Crippen molar-refractivity contribution in [1.29, 1.82) is 0 Å². The van der Waals surface area contributed by atoms with Gasteiger partial charge in [0.1, 0.15) is 0 Å². The highest BCUT2D eigenvalue weighted by atomic mass is 16.5. The summed E-state index contributed by atoms with van der Waals surface area (Å²) in [5, 5.41) is 2.91. The number of hydrogen-bond donors (Lipinski definition) is 1. The van der Waals surface area contributed by atoms with Crippen LogP contribution in [0.4, 0.5) is 5.69 Å². The van der Waals surface area contributed by atoms with Crippen molar-refractivity contribution < 1.29 is 28.7 Å². The number of benzene rings is 2. The molecule has 1 unspecified atom stereocenters. The molecular weight excluding hydrogens is 460 g/mol. The zero-order valence-corrected chi connectivity index (χ0v) is 21.1. The summed E-state index contributed by atoms with van der Waals surface area (Å²) in [7, 11) is 0. The van der Waals surface area contributed by atoms with E-state index >= 15 is 0 Å². The second-order valence-corrected chi connectivity index (χ2v) is 9.86. The number of anilines is 1. The maximum Gasteiger partial charge on any atom is 0.338 e. The van der Waals surface area contributed by atoms with Gasteiger partial charge in [-0.2, -0.15) is 0 Å². The van der Waals surface area contributed by atoms with Gasteiger partial charge in [0, 0.05) is 12.3 Å². The minimum atomic E-state index is -0.744. The molecule has 0 radical (unpaired) electrons. The Labute approximate surface area is 210 Å². The van der Waals surface area contributed by atoms with Gasteiger partial charge in [-0.3, -0.25) is 19.3 Å². The molecule has 36 heavy (non-hydrogen) atoms. The first-order valence-electron chi connectivity index (χ1n) is 12.4. The SMILES string of the molecule is CC(C)c1cccc(C(C)C)c1NC(=O)COC(=O)c1ccc2c(c1)C(=O)N(CC1CCCO1)C2=O. The van der Waals surface area contributed by atoms with E-state index < -0.39 is 30.3 Å². The highest BCUT2D eigenvalue weighted by Crippen LogP contribution is 2.32. The van der Waals surface area contributed by atoms with Crippen molar-refractivity contribution in [3.05, 3.63) is 64.2 Å². The maximum absolute atomic E-state index is 12.8. The van der Waals surface area contributed by atoms with Crippen LogP contribution in [0.5, 0.6) is 0 Å². The number of rotatable bonds is 8. The van der Waals surface area contributed by atoms with Crippen LogP contribution in [-0.2, 0) is 14.3 Å². The molecule has 1 fully saturated rings. The van der Waals surface area contributed by atoms with Gasteiger partial charge in [-0.15, -0.1) is 0 Å². The molecule has 2 aliphatic heterocycles.